The Morgan fingerprint density at radius 2 is 1.67 bits per heavy atom. The number of nitrogens with zero attached hydrogens (tertiary/aromatic N) is 3. The number of pyridine rings is 1. The van der Waals surface area contributed by atoms with Gasteiger partial charge in [-0.25, -0.2) is 23.1 Å². The molecule has 1 fully saturated rings. The molecule has 204 valence electrons. The van der Waals surface area contributed by atoms with Crippen LogP contribution < -0.4 is 19.8 Å². The molecular formula is C28H31N5O5S. The van der Waals surface area contributed by atoms with Crippen LogP contribution in [0.15, 0.2) is 89.0 Å². The third-order valence-corrected chi connectivity index (χ3v) is 7.91. The Bertz CT molecular complexity index is 1360. The summed E-state index contributed by atoms with van der Waals surface area (Å²) in [6.07, 6.45) is 8.42. The van der Waals surface area contributed by atoms with Gasteiger partial charge in [0.25, 0.3) is 21.8 Å². The third kappa shape index (κ3) is 8.11. The van der Waals surface area contributed by atoms with Crippen molar-refractivity contribution in [3.63, 3.8) is 0 Å². The molecule has 10 nitrogen and oxygen atoms in total. The normalized spacial score (nSPS) is 14.1. The Morgan fingerprint density at radius 1 is 0.949 bits per heavy atom. The van der Waals surface area contributed by atoms with Crippen LogP contribution in [0, 0.1) is 0 Å². The fraction of sp³-hybridized carbons (Fsp3) is 0.286. The van der Waals surface area contributed by atoms with Gasteiger partial charge < -0.3 is 10.1 Å². The van der Waals surface area contributed by atoms with Gasteiger partial charge in [-0.2, -0.15) is 5.10 Å². The van der Waals surface area contributed by atoms with Crippen molar-refractivity contribution >= 4 is 33.9 Å². The standard InChI is InChI=1S/C28H31N5O5S/c34-27(20-33(26-13-7-8-18-29-26)39(36,37)25-11-5-2-6-12-25)32-30-19-22-14-16-24(17-15-22)38-21-28(35)31-23-9-3-1-4-10-23/h2,5-8,11-19,23H,1,3-4,9-10,20-21H2,(H,31,35)(H,32,34)/b30-19+. The van der Waals surface area contributed by atoms with E-state index in [1.807, 2.05) is 0 Å². The fourth-order valence-electron chi connectivity index (χ4n) is 4.17. The molecule has 0 saturated heterocycles. The van der Waals surface area contributed by atoms with E-state index in [1.54, 1.807) is 54.6 Å². The molecule has 2 amide bonds. The van der Waals surface area contributed by atoms with Crippen LogP contribution in [-0.4, -0.2) is 50.6 Å². The highest BCUT2D eigenvalue weighted by Crippen LogP contribution is 2.21. The topological polar surface area (TPSA) is 130 Å². The summed E-state index contributed by atoms with van der Waals surface area (Å²) in [6, 6.07) is 19.7. The number of hydrazone groups is 1. The predicted molar refractivity (Wildman–Crippen MR) is 148 cm³/mol. The van der Waals surface area contributed by atoms with Crippen LogP contribution in [0.5, 0.6) is 5.75 Å². The maximum atomic E-state index is 13.2. The van der Waals surface area contributed by atoms with E-state index in [0.29, 0.717) is 11.3 Å². The van der Waals surface area contributed by atoms with E-state index in [0.717, 1.165) is 30.0 Å². The number of ether oxygens (including phenoxy) is 1. The van der Waals surface area contributed by atoms with Crippen LogP contribution in [0.1, 0.15) is 37.7 Å². The van der Waals surface area contributed by atoms with E-state index in [9.17, 15) is 18.0 Å². The third-order valence-electron chi connectivity index (χ3n) is 6.15. The first-order valence-electron chi connectivity index (χ1n) is 12.7. The van der Waals surface area contributed by atoms with Crippen molar-refractivity contribution in [3.8, 4) is 5.75 Å². The second-order valence-electron chi connectivity index (χ2n) is 9.07. The summed E-state index contributed by atoms with van der Waals surface area (Å²) in [5.41, 5.74) is 3.03. The van der Waals surface area contributed by atoms with Gasteiger partial charge in [-0.3, -0.25) is 9.59 Å². The lowest BCUT2D eigenvalue weighted by atomic mass is 9.95. The van der Waals surface area contributed by atoms with Gasteiger partial charge in [0, 0.05) is 12.2 Å². The fourth-order valence-corrected chi connectivity index (χ4v) is 5.57. The molecule has 3 aromatic rings. The smallest absolute Gasteiger partial charge is 0.265 e. The summed E-state index contributed by atoms with van der Waals surface area (Å²) in [6.45, 7) is -0.570. The van der Waals surface area contributed by atoms with Gasteiger partial charge in [0.1, 0.15) is 18.1 Å². The number of hydrogen-bond acceptors (Lipinski definition) is 7. The van der Waals surface area contributed by atoms with Crippen LogP contribution >= 0.6 is 0 Å². The number of aromatic nitrogens is 1. The Morgan fingerprint density at radius 3 is 2.36 bits per heavy atom. The lowest BCUT2D eigenvalue weighted by molar-refractivity contribution is -0.124. The average Bonchev–Trinajstić information content (AvgIpc) is 2.97. The number of rotatable bonds is 11. The first kappa shape index (κ1) is 27.8. The molecule has 11 heteroatoms. The summed E-state index contributed by atoms with van der Waals surface area (Å²) in [4.78, 5) is 28.9. The van der Waals surface area contributed by atoms with Crippen molar-refractivity contribution in [2.75, 3.05) is 17.5 Å². The first-order chi connectivity index (χ1) is 18.9. The Hall–Kier alpha value is -4.25. The summed E-state index contributed by atoms with van der Waals surface area (Å²) in [5.74, 6) is -0.125. The molecule has 0 aliphatic heterocycles. The summed E-state index contributed by atoms with van der Waals surface area (Å²) < 4.78 is 32.9. The minimum Gasteiger partial charge on any atom is -0.484 e. The van der Waals surface area contributed by atoms with E-state index < -0.39 is 22.5 Å². The van der Waals surface area contributed by atoms with Crippen LogP contribution in [0.2, 0.25) is 0 Å². The maximum absolute atomic E-state index is 13.2. The maximum Gasteiger partial charge on any atom is 0.265 e. The van der Waals surface area contributed by atoms with Gasteiger partial charge in [-0.05, 0) is 66.9 Å². The minimum absolute atomic E-state index is 0.0423. The van der Waals surface area contributed by atoms with Crippen molar-refractivity contribution in [1.29, 1.82) is 0 Å². The van der Waals surface area contributed by atoms with Gasteiger partial charge in [0.2, 0.25) is 0 Å². The van der Waals surface area contributed by atoms with Crippen LogP contribution in [0.3, 0.4) is 0 Å². The Balaban J connectivity index is 1.30. The molecular weight excluding hydrogens is 518 g/mol. The van der Waals surface area contributed by atoms with Crippen LogP contribution in [-0.2, 0) is 19.6 Å². The second-order valence-corrected chi connectivity index (χ2v) is 10.9. The zero-order valence-corrected chi connectivity index (χ0v) is 22.2. The minimum atomic E-state index is -4.04. The molecule has 1 aliphatic rings. The summed E-state index contributed by atoms with van der Waals surface area (Å²) in [5, 5.41) is 6.95. The molecule has 1 aromatic heterocycles. The van der Waals surface area contributed by atoms with E-state index in [1.165, 1.54) is 37.0 Å². The van der Waals surface area contributed by atoms with Crippen molar-refractivity contribution in [2.45, 2.75) is 43.0 Å². The van der Waals surface area contributed by atoms with Crippen molar-refractivity contribution < 1.29 is 22.7 Å². The zero-order valence-electron chi connectivity index (χ0n) is 21.4. The number of carbonyl (C=O) groups is 2. The molecule has 2 aromatic carbocycles. The number of amides is 2. The van der Waals surface area contributed by atoms with Crippen molar-refractivity contribution in [3.05, 3.63) is 84.6 Å². The number of anilines is 1. The molecule has 0 unspecified atom stereocenters. The molecule has 1 aliphatic carbocycles. The highest BCUT2D eigenvalue weighted by atomic mass is 32.2. The zero-order chi connectivity index (χ0) is 27.5. The average molecular weight is 550 g/mol. The quantitative estimate of drug-likeness (QED) is 0.279. The summed E-state index contributed by atoms with van der Waals surface area (Å²) >= 11 is 0. The number of carbonyl (C=O) groups excluding carboxylic acids is 2. The molecule has 0 radical (unpaired) electrons. The monoisotopic (exact) mass is 549 g/mol. The SMILES string of the molecule is O=C(CN(c1ccccn1)S(=O)(=O)c1ccccc1)N/N=C/c1ccc(OCC(=O)NC2CCCCC2)cc1. The number of nitrogens with one attached hydrogen (secondary N) is 2. The molecule has 1 heterocycles. The van der Waals surface area contributed by atoms with E-state index in [-0.39, 0.29) is 29.3 Å². The molecule has 2 N–H and O–H groups in total. The van der Waals surface area contributed by atoms with Gasteiger partial charge in [0.05, 0.1) is 11.1 Å². The van der Waals surface area contributed by atoms with E-state index in [4.69, 9.17) is 4.74 Å². The van der Waals surface area contributed by atoms with Crippen LogP contribution in [0.4, 0.5) is 5.82 Å². The lowest BCUT2D eigenvalue weighted by Crippen LogP contribution is -2.40. The van der Waals surface area contributed by atoms with Crippen LogP contribution in [0.25, 0.3) is 0 Å². The highest BCUT2D eigenvalue weighted by Gasteiger charge is 2.27. The van der Waals surface area contributed by atoms with E-state index in [2.05, 4.69) is 20.8 Å². The number of hydrogen-bond donors (Lipinski definition) is 2. The van der Waals surface area contributed by atoms with Gasteiger partial charge in [0.15, 0.2) is 6.61 Å². The molecule has 4 rings (SSSR count). The Labute approximate surface area is 228 Å². The molecule has 0 bridgehead atoms. The lowest BCUT2D eigenvalue weighted by Gasteiger charge is -2.22. The van der Waals surface area contributed by atoms with E-state index >= 15 is 0 Å². The van der Waals surface area contributed by atoms with Crippen molar-refractivity contribution in [2.24, 2.45) is 5.10 Å². The highest BCUT2D eigenvalue weighted by molar-refractivity contribution is 7.92. The van der Waals surface area contributed by atoms with Gasteiger partial charge >= 0.3 is 0 Å². The Kier molecular flexibility index (Phi) is 9.63. The second kappa shape index (κ2) is 13.5. The van der Waals surface area contributed by atoms with Gasteiger partial charge in [-0.1, -0.05) is 43.5 Å². The molecule has 39 heavy (non-hydrogen) atoms. The van der Waals surface area contributed by atoms with Gasteiger partial charge in [-0.15, -0.1) is 0 Å². The predicted octanol–water partition coefficient (Wildman–Crippen LogP) is 3.25. The molecule has 0 spiro atoms. The summed E-state index contributed by atoms with van der Waals surface area (Å²) in [7, 11) is -4.04. The molecule has 1 saturated carbocycles. The number of sulfonamides is 1. The number of benzene rings is 2. The first-order valence-corrected chi connectivity index (χ1v) is 14.2. The van der Waals surface area contributed by atoms with Crippen molar-refractivity contribution in [1.82, 2.24) is 15.7 Å². The largest absolute Gasteiger partial charge is 0.484 e. The molecule has 0 atom stereocenters.